The van der Waals surface area contributed by atoms with Crippen molar-refractivity contribution >= 4 is 33.5 Å². The first-order valence-corrected chi connectivity index (χ1v) is 11.0. The maximum atomic E-state index is 9.79. The number of hydrogen-bond acceptors (Lipinski definition) is 5. The van der Waals surface area contributed by atoms with Crippen molar-refractivity contribution < 1.29 is 4.42 Å². The quantitative estimate of drug-likeness (QED) is 0.278. The molecule has 34 heavy (non-hydrogen) atoms. The van der Waals surface area contributed by atoms with Crippen molar-refractivity contribution in [1.82, 2.24) is 15.0 Å². The molecule has 0 atom stereocenters. The van der Waals surface area contributed by atoms with Gasteiger partial charge in [0.1, 0.15) is 11.2 Å². The fourth-order valence-electron chi connectivity index (χ4n) is 4.20. The first kappa shape index (κ1) is 20.1. The summed E-state index contributed by atoms with van der Waals surface area (Å²) in [4.78, 5) is 13.4. The van der Waals surface area contributed by atoms with Gasteiger partial charge in [0.05, 0.1) is 17.2 Å². The average Bonchev–Trinajstić information content (AvgIpc) is 3.27. The SMILES string of the molecule is N#Cc1cc(-c2nc(Cl)nc(-c3ccccc3)n2)c2oc3cccc(-c4ccccc4)c3c2c1. The molecule has 6 aromatic rings. The molecule has 6 rings (SSSR count). The molecule has 6 heteroatoms. The summed E-state index contributed by atoms with van der Waals surface area (Å²) in [6.45, 7) is 0. The second-order valence-electron chi connectivity index (χ2n) is 7.78. The molecule has 2 heterocycles. The maximum Gasteiger partial charge on any atom is 0.226 e. The van der Waals surface area contributed by atoms with E-state index in [2.05, 4.69) is 39.2 Å². The van der Waals surface area contributed by atoms with Crippen LogP contribution in [0.5, 0.6) is 0 Å². The molecule has 0 bridgehead atoms. The van der Waals surface area contributed by atoms with E-state index in [1.54, 1.807) is 6.07 Å². The van der Waals surface area contributed by atoms with Gasteiger partial charge in [0, 0.05) is 16.3 Å². The number of nitrogens with zero attached hydrogens (tertiary/aromatic N) is 4. The Morgan fingerprint density at radius 3 is 2.15 bits per heavy atom. The minimum Gasteiger partial charge on any atom is -0.455 e. The average molecular weight is 459 g/mol. The van der Waals surface area contributed by atoms with Crippen molar-refractivity contribution in [1.29, 1.82) is 5.26 Å². The van der Waals surface area contributed by atoms with Crippen LogP contribution in [0.2, 0.25) is 5.28 Å². The van der Waals surface area contributed by atoms with Gasteiger partial charge in [-0.25, -0.2) is 4.98 Å². The molecule has 5 nitrogen and oxygen atoms in total. The minimum absolute atomic E-state index is 0.0699. The van der Waals surface area contributed by atoms with E-state index in [1.165, 1.54) is 0 Å². The van der Waals surface area contributed by atoms with Gasteiger partial charge in [-0.3, -0.25) is 0 Å². The van der Waals surface area contributed by atoms with E-state index >= 15 is 0 Å². The highest BCUT2D eigenvalue weighted by molar-refractivity contribution is 6.28. The Morgan fingerprint density at radius 2 is 1.41 bits per heavy atom. The molecule has 0 saturated carbocycles. The highest BCUT2D eigenvalue weighted by atomic mass is 35.5. The van der Waals surface area contributed by atoms with E-state index in [0.29, 0.717) is 28.4 Å². The standard InChI is InChI=1S/C28H15ClN4O/c29-28-32-26(19-10-5-2-6-11-19)31-27(33-28)22-15-17(16-30)14-21-24-20(18-8-3-1-4-9-18)12-7-13-23(24)34-25(21)22/h1-15H. The summed E-state index contributed by atoms with van der Waals surface area (Å²) in [5, 5.41) is 11.6. The first-order valence-electron chi connectivity index (χ1n) is 10.6. The summed E-state index contributed by atoms with van der Waals surface area (Å²) in [6.07, 6.45) is 0. The van der Waals surface area contributed by atoms with Crippen LogP contribution >= 0.6 is 11.6 Å². The van der Waals surface area contributed by atoms with Crippen molar-refractivity contribution in [3.8, 4) is 40.0 Å². The third-order valence-electron chi connectivity index (χ3n) is 5.69. The molecule has 0 spiro atoms. The number of hydrogen-bond donors (Lipinski definition) is 0. The summed E-state index contributed by atoms with van der Waals surface area (Å²) in [6, 6.07) is 31.4. The summed E-state index contributed by atoms with van der Waals surface area (Å²) in [7, 11) is 0. The van der Waals surface area contributed by atoms with Gasteiger partial charge in [-0.05, 0) is 40.9 Å². The van der Waals surface area contributed by atoms with Crippen molar-refractivity contribution in [3.05, 3.63) is 102 Å². The molecule has 0 aliphatic carbocycles. The lowest BCUT2D eigenvalue weighted by Crippen LogP contribution is -1.97. The predicted molar refractivity (Wildman–Crippen MR) is 133 cm³/mol. The van der Waals surface area contributed by atoms with Crippen molar-refractivity contribution in [2.45, 2.75) is 0 Å². The smallest absolute Gasteiger partial charge is 0.226 e. The summed E-state index contributed by atoms with van der Waals surface area (Å²) >= 11 is 6.30. The van der Waals surface area contributed by atoms with Crippen LogP contribution in [0.25, 0.3) is 55.8 Å². The Morgan fingerprint density at radius 1 is 0.706 bits per heavy atom. The van der Waals surface area contributed by atoms with E-state index in [9.17, 15) is 5.26 Å². The molecule has 2 aromatic heterocycles. The molecule has 0 radical (unpaired) electrons. The second-order valence-corrected chi connectivity index (χ2v) is 8.11. The normalized spacial score (nSPS) is 11.1. The fraction of sp³-hybridized carbons (Fsp3) is 0. The molecular weight excluding hydrogens is 444 g/mol. The molecule has 0 aliphatic heterocycles. The summed E-state index contributed by atoms with van der Waals surface area (Å²) in [5.41, 5.74) is 5.29. The van der Waals surface area contributed by atoms with Crippen LogP contribution in [0.4, 0.5) is 0 Å². The van der Waals surface area contributed by atoms with Crippen LogP contribution in [0, 0.1) is 11.3 Å². The van der Waals surface area contributed by atoms with Crippen LogP contribution in [0.15, 0.2) is 95.4 Å². The Kier molecular flexibility index (Phi) is 4.80. The molecule has 0 saturated heterocycles. The molecule has 4 aromatic carbocycles. The van der Waals surface area contributed by atoms with Crippen LogP contribution in [-0.4, -0.2) is 15.0 Å². The Bertz CT molecular complexity index is 1720. The van der Waals surface area contributed by atoms with Gasteiger partial charge in [-0.15, -0.1) is 0 Å². The van der Waals surface area contributed by atoms with Gasteiger partial charge in [0.25, 0.3) is 0 Å². The lowest BCUT2D eigenvalue weighted by atomic mass is 9.97. The van der Waals surface area contributed by atoms with Gasteiger partial charge >= 0.3 is 0 Å². The minimum atomic E-state index is 0.0699. The Hall–Kier alpha value is -4.53. The van der Waals surface area contributed by atoms with Crippen molar-refractivity contribution in [2.24, 2.45) is 0 Å². The molecule has 160 valence electrons. The lowest BCUT2D eigenvalue weighted by molar-refractivity contribution is 0.669. The van der Waals surface area contributed by atoms with Crippen LogP contribution in [0.1, 0.15) is 5.56 Å². The molecular formula is C28H15ClN4O. The topological polar surface area (TPSA) is 75.6 Å². The number of nitriles is 1. The molecule has 0 unspecified atom stereocenters. The second kappa shape index (κ2) is 8.11. The van der Waals surface area contributed by atoms with Gasteiger partial charge in [0.2, 0.25) is 5.28 Å². The zero-order valence-electron chi connectivity index (χ0n) is 17.7. The third kappa shape index (κ3) is 3.38. The highest BCUT2D eigenvalue weighted by Gasteiger charge is 2.20. The predicted octanol–water partition coefficient (Wildman–Crippen LogP) is 7.30. The van der Waals surface area contributed by atoms with E-state index in [4.69, 9.17) is 16.0 Å². The molecule has 0 fully saturated rings. The zero-order chi connectivity index (χ0) is 23.1. The third-order valence-corrected chi connectivity index (χ3v) is 5.86. The number of benzene rings is 4. The number of aromatic nitrogens is 3. The van der Waals surface area contributed by atoms with E-state index < -0.39 is 0 Å². The Balaban J connectivity index is 1.66. The molecule has 0 N–H and O–H groups in total. The highest BCUT2D eigenvalue weighted by Crippen LogP contribution is 2.40. The van der Waals surface area contributed by atoms with Crippen LogP contribution in [-0.2, 0) is 0 Å². The monoisotopic (exact) mass is 458 g/mol. The maximum absolute atomic E-state index is 9.79. The number of halogens is 1. The summed E-state index contributed by atoms with van der Waals surface area (Å²) in [5.74, 6) is 0.800. The largest absolute Gasteiger partial charge is 0.455 e. The van der Waals surface area contributed by atoms with Crippen LogP contribution < -0.4 is 0 Å². The number of furan rings is 1. The summed E-state index contributed by atoms with van der Waals surface area (Å²) < 4.78 is 6.33. The first-order chi connectivity index (χ1) is 16.7. The van der Waals surface area contributed by atoms with Crippen LogP contribution in [0.3, 0.4) is 0 Å². The number of rotatable bonds is 3. The Labute approximate surface area is 199 Å². The van der Waals surface area contributed by atoms with Gasteiger partial charge in [-0.2, -0.15) is 15.2 Å². The van der Waals surface area contributed by atoms with Gasteiger partial charge < -0.3 is 4.42 Å². The molecule has 0 aliphatic rings. The lowest BCUT2D eigenvalue weighted by Gasteiger charge is -2.06. The van der Waals surface area contributed by atoms with E-state index in [0.717, 1.165) is 33.0 Å². The number of fused-ring (bicyclic) bond motifs is 3. The van der Waals surface area contributed by atoms with E-state index in [1.807, 2.05) is 66.7 Å². The van der Waals surface area contributed by atoms with Crippen molar-refractivity contribution in [3.63, 3.8) is 0 Å². The fourth-order valence-corrected chi connectivity index (χ4v) is 4.36. The van der Waals surface area contributed by atoms with E-state index in [-0.39, 0.29) is 5.28 Å². The molecule has 0 amide bonds. The zero-order valence-corrected chi connectivity index (χ0v) is 18.5. The van der Waals surface area contributed by atoms with Gasteiger partial charge in [-0.1, -0.05) is 72.8 Å². The van der Waals surface area contributed by atoms with Crippen molar-refractivity contribution in [2.75, 3.05) is 0 Å². The van der Waals surface area contributed by atoms with Gasteiger partial charge in [0.15, 0.2) is 11.6 Å².